The van der Waals surface area contributed by atoms with Gasteiger partial charge in [0.25, 0.3) is 5.91 Å². The molecule has 0 radical (unpaired) electrons. The van der Waals surface area contributed by atoms with Crippen molar-refractivity contribution in [3.63, 3.8) is 0 Å². The number of aromatic carboxylic acids is 1. The number of carboxylic acid groups (broad SMARTS) is 1. The number of nitrogens with zero attached hydrogens (tertiary/aromatic N) is 5. The van der Waals surface area contributed by atoms with Gasteiger partial charge >= 0.3 is 5.97 Å². The third-order valence-electron chi connectivity index (χ3n) is 4.19. The van der Waals surface area contributed by atoms with Crippen LogP contribution in [0.5, 0.6) is 0 Å². The molecule has 1 aliphatic rings. The number of piperazine rings is 1. The number of pyridine rings is 1. The van der Waals surface area contributed by atoms with Crippen molar-refractivity contribution >= 4 is 11.9 Å². The predicted molar refractivity (Wildman–Crippen MR) is 85.6 cm³/mol. The van der Waals surface area contributed by atoms with Crippen molar-refractivity contribution in [3.05, 3.63) is 47.5 Å². The minimum absolute atomic E-state index is 0.0540. The summed E-state index contributed by atoms with van der Waals surface area (Å²) in [4.78, 5) is 31.8. The summed E-state index contributed by atoms with van der Waals surface area (Å²) in [5.74, 6) is -1.42. The smallest absolute Gasteiger partial charge is 0.339 e. The van der Waals surface area contributed by atoms with E-state index in [-0.39, 0.29) is 17.2 Å². The number of rotatable bonds is 4. The first kappa shape index (κ1) is 16.1. The van der Waals surface area contributed by atoms with Gasteiger partial charge < -0.3 is 10.0 Å². The maximum absolute atomic E-state index is 12.6. The van der Waals surface area contributed by atoms with Crippen LogP contribution >= 0.6 is 0 Å². The number of hydrogen-bond acceptors (Lipinski definition) is 5. The van der Waals surface area contributed by atoms with Gasteiger partial charge in [-0.1, -0.05) is 0 Å². The van der Waals surface area contributed by atoms with Gasteiger partial charge in [0.2, 0.25) is 0 Å². The molecule has 1 N–H and O–H groups in total. The number of hydrogen-bond donors (Lipinski definition) is 1. The highest BCUT2D eigenvalue weighted by atomic mass is 16.4. The van der Waals surface area contributed by atoms with Crippen LogP contribution in [-0.4, -0.2) is 67.7 Å². The molecule has 0 saturated carbocycles. The van der Waals surface area contributed by atoms with Gasteiger partial charge in [-0.15, -0.1) is 0 Å². The highest BCUT2D eigenvalue weighted by Crippen LogP contribution is 2.14. The molecule has 0 bridgehead atoms. The highest BCUT2D eigenvalue weighted by Gasteiger charge is 2.28. The lowest BCUT2D eigenvalue weighted by Gasteiger charge is -2.34. The lowest BCUT2D eigenvalue weighted by molar-refractivity contribution is 0.0599. The van der Waals surface area contributed by atoms with Crippen molar-refractivity contribution in [3.8, 4) is 0 Å². The van der Waals surface area contributed by atoms with E-state index in [1.54, 1.807) is 24.3 Å². The molecule has 0 atom stereocenters. The van der Waals surface area contributed by atoms with Gasteiger partial charge in [-0.2, -0.15) is 5.10 Å². The van der Waals surface area contributed by atoms with E-state index in [0.717, 1.165) is 19.6 Å². The van der Waals surface area contributed by atoms with Crippen molar-refractivity contribution in [2.45, 2.75) is 6.54 Å². The van der Waals surface area contributed by atoms with E-state index in [1.807, 2.05) is 12.1 Å². The van der Waals surface area contributed by atoms with Crippen molar-refractivity contribution in [2.75, 3.05) is 26.2 Å². The van der Waals surface area contributed by atoms with Crippen LogP contribution in [0.1, 0.15) is 26.4 Å². The van der Waals surface area contributed by atoms with Crippen LogP contribution in [0.15, 0.2) is 30.7 Å². The molecule has 8 nitrogen and oxygen atoms in total. The lowest BCUT2D eigenvalue weighted by Crippen LogP contribution is -2.48. The van der Waals surface area contributed by atoms with Gasteiger partial charge in [0, 0.05) is 52.2 Å². The van der Waals surface area contributed by atoms with Crippen LogP contribution in [0.2, 0.25) is 0 Å². The van der Waals surface area contributed by atoms with E-state index < -0.39 is 5.97 Å². The van der Waals surface area contributed by atoms with Crippen LogP contribution in [0.3, 0.4) is 0 Å². The molecule has 1 saturated heterocycles. The third-order valence-corrected chi connectivity index (χ3v) is 4.19. The summed E-state index contributed by atoms with van der Waals surface area (Å²) in [6.45, 7) is 3.43. The molecule has 24 heavy (non-hydrogen) atoms. The zero-order valence-corrected chi connectivity index (χ0v) is 13.4. The van der Waals surface area contributed by atoms with Crippen molar-refractivity contribution in [1.29, 1.82) is 0 Å². The fourth-order valence-corrected chi connectivity index (χ4v) is 2.85. The fourth-order valence-electron chi connectivity index (χ4n) is 2.85. The standard InChI is InChI=1S/C16H19N5O3/c1-19-14(13(10-18-19)16(23)24)15(22)21-8-6-20(7-9-21)11-12-2-4-17-5-3-12/h2-5,10H,6-9,11H2,1H3,(H,23,24). The Bertz CT molecular complexity index is 735. The molecule has 8 heteroatoms. The summed E-state index contributed by atoms with van der Waals surface area (Å²) in [5.41, 5.74) is 1.26. The summed E-state index contributed by atoms with van der Waals surface area (Å²) in [5, 5.41) is 13.1. The maximum atomic E-state index is 12.6. The van der Waals surface area contributed by atoms with Crippen molar-refractivity contribution < 1.29 is 14.7 Å². The molecule has 3 rings (SSSR count). The Hall–Kier alpha value is -2.74. The fraction of sp³-hybridized carbons (Fsp3) is 0.375. The quantitative estimate of drug-likeness (QED) is 0.877. The molecule has 3 heterocycles. The monoisotopic (exact) mass is 329 g/mol. The second-order valence-corrected chi connectivity index (χ2v) is 5.76. The van der Waals surface area contributed by atoms with E-state index in [4.69, 9.17) is 0 Å². The molecule has 2 aromatic rings. The summed E-state index contributed by atoms with van der Waals surface area (Å²) in [6, 6.07) is 3.96. The Kier molecular flexibility index (Phi) is 4.57. The minimum atomic E-state index is -1.14. The molecule has 0 spiro atoms. The van der Waals surface area contributed by atoms with Gasteiger partial charge in [0.1, 0.15) is 11.3 Å². The number of carbonyl (C=O) groups is 2. The van der Waals surface area contributed by atoms with Crippen LogP contribution in [-0.2, 0) is 13.6 Å². The second-order valence-electron chi connectivity index (χ2n) is 5.76. The molecule has 1 aliphatic heterocycles. The van der Waals surface area contributed by atoms with E-state index in [9.17, 15) is 14.7 Å². The molecule has 2 aromatic heterocycles. The van der Waals surface area contributed by atoms with E-state index in [0.29, 0.717) is 13.1 Å². The average Bonchev–Trinajstić information content (AvgIpc) is 2.98. The van der Waals surface area contributed by atoms with Crippen LogP contribution in [0.4, 0.5) is 0 Å². The predicted octanol–water partition coefficient (Wildman–Crippen LogP) is 0.471. The third kappa shape index (κ3) is 3.28. The van der Waals surface area contributed by atoms with E-state index in [2.05, 4.69) is 15.0 Å². The second kappa shape index (κ2) is 6.79. The zero-order valence-electron chi connectivity index (χ0n) is 13.4. The summed E-state index contributed by atoms with van der Waals surface area (Å²) >= 11 is 0. The van der Waals surface area contributed by atoms with Crippen molar-refractivity contribution in [2.24, 2.45) is 7.05 Å². The van der Waals surface area contributed by atoms with Gasteiger partial charge in [-0.25, -0.2) is 4.79 Å². The van der Waals surface area contributed by atoms with Crippen LogP contribution < -0.4 is 0 Å². The number of aryl methyl sites for hydroxylation is 1. The van der Waals surface area contributed by atoms with Gasteiger partial charge in [-0.05, 0) is 17.7 Å². The molecule has 0 unspecified atom stereocenters. The summed E-state index contributed by atoms with van der Waals surface area (Å²) in [7, 11) is 1.58. The number of aromatic nitrogens is 3. The Balaban J connectivity index is 1.63. The Morgan fingerprint density at radius 1 is 1.17 bits per heavy atom. The lowest BCUT2D eigenvalue weighted by atomic mass is 10.2. The minimum Gasteiger partial charge on any atom is -0.478 e. The zero-order chi connectivity index (χ0) is 17.1. The maximum Gasteiger partial charge on any atom is 0.339 e. The molecule has 126 valence electrons. The normalized spacial score (nSPS) is 15.5. The first-order chi connectivity index (χ1) is 11.6. The van der Waals surface area contributed by atoms with Gasteiger partial charge in [-0.3, -0.25) is 19.4 Å². The van der Waals surface area contributed by atoms with E-state index in [1.165, 1.54) is 16.4 Å². The molecule has 0 aromatic carbocycles. The summed E-state index contributed by atoms with van der Waals surface area (Å²) in [6.07, 6.45) is 4.76. The topological polar surface area (TPSA) is 91.6 Å². The van der Waals surface area contributed by atoms with Crippen LogP contribution in [0, 0.1) is 0 Å². The summed E-state index contributed by atoms with van der Waals surface area (Å²) < 4.78 is 1.33. The SMILES string of the molecule is Cn1ncc(C(=O)O)c1C(=O)N1CCN(Cc2ccncc2)CC1. The molecular weight excluding hydrogens is 310 g/mol. The number of carbonyl (C=O) groups excluding carboxylic acids is 1. The first-order valence-electron chi connectivity index (χ1n) is 7.72. The molecule has 0 aliphatic carbocycles. The Labute approximate surface area is 139 Å². The number of amides is 1. The average molecular weight is 329 g/mol. The van der Waals surface area contributed by atoms with Gasteiger partial charge in [0.05, 0.1) is 6.20 Å². The molecular formula is C16H19N5O3. The van der Waals surface area contributed by atoms with Crippen molar-refractivity contribution in [1.82, 2.24) is 24.6 Å². The van der Waals surface area contributed by atoms with E-state index >= 15 is 0 Å². The Morgan fingerprint density at radius 3 is 2.46 bits per heavy atom. The molecule has 1 amide bonds. The first-order valence-corrected chi connectivity index (χ1v) is 7.72. The highest BCUT2D eigenvalue weighted by molar-refractivity contribution is 6.03. The largest absolute Gasteiger partial charge is 0.478 e. The van der Waals surface area contributed by atoms with Crippen LogP contribution in [0.25, 0.3) is 0 Å². The molecule has 1 fully saturated rings. The Morgan fingerprint density at radius 2 is 1.83 bits per heavy atom. The number of carboxylic acids is 1. The van der Waals surface area contributed by atoms with Gasteiger partial charge in [0.15, 0.2) is 0 Å².